The molecule has 2 amide bonds. The summed E-state index contributed by atoms with van der Waals surface area (Å²) in [5.41, 5.74) is 3.10. The molecule has 4 heterocycles. The van der Waals surface area contributed by atoms with Crippen LogP contribution in [0.4, 0.5) is 11.6 Å². The maximum atomic E-state index is 11.4. The van der Waals surface area contributed by atoms with Crippen molar-refractivity contribution in [3.63, 3.8) is 0 Å². The predicted molar refractivity (Wildman–Crippen MR) is 170 cm³/mol. The van der Waals surface area contributed by atoms with Crippen LogP contribution in [0.15, 0.2) is 71.7 Å². The quantitative estimate of drug-likeness (QED) is 0.315. The van der Waals surface area contributed by atoms with Crippen LogP contribution in [0.5, 0.6) is 0 Å². The van der Waals surface area contributed by atoms with E-state index in [-0.39, 0.29) is 11.8 Å². The first kappa shape index (κ1) is 28.5. The molecule has 2 aromatic heterocycles. The number of carbonyl (C=O) groups excluding carboxylic acids is 2. The summed E-state index contributed by atoms with van der Waals surface area (Å²) < 4.78 is 1.06. The second-order valence-electron chi connectivity index (χ2n) is 10.3. The van der Waals surface area contributed by atoms with E-state index in [1.807, 2.05) is 40.1 Å². The number of pyridine rings is 2. The summed E-state index contributed by atoms with van der Waals surface area (Å²) in [6, 6.07) is 20.5. The van der Waals surface area contributed by atoms with Gasteiger partial charge in [-0.2, -0.15) is 0 Å². The molecule has 9 heteroatoms. The molecule has 0 saturated carbocycles. The highest BCUT2D eigenvalue weighted by atomic mass is 79.9. The molecule has 2 aliphatic rings. The molecule has 2 aromatic carbocycles. The molecular weight excluding hydrogens is 580 g/mol. The Morgan fingerprint density at radius 3 is 1.61 bits per heavy atom. The average Bonchev–Trinajstić information content (AvgIpc) is 3.00. The van der Waals surface area contributed by atoms with Gasteiger partial charge in [-0.3, -0.25) is 9.59 Å². The van der Waals surface area contributed by atoms with Gasteiger partial charge in [-0.05, 0) is 60.2 Å². The third kappa shape index (κ3) is 6.85. The lowest BCUT2D eigenvalue weighted by Crippen LogP contribution is -2.48. The van der Waals surface area contributed by atoms with Crippen LogP contribution in [-0.4, -0.2) is 83.9 Å². The summed E-state index contributed by atoms with van der Waals surface area (Å²) in [6.45, 7) is 13.5. The Kier molecular flexibility index (Phi) is 8.83. The minimum atomic E-state index is 0.151. The van der Waals surface area contributed by atoms with Crippen LogP contribution < -0.4 is 9.80 Å². The maximum absolute atomic E-state index is 11.4. The molecule has 0 aliphatic carbocycles. The molecule has 0 N–H and O–H groups in total. The molecule has 8 nitrogen and oxygen atoms in total. The standard InChI is InChI=1S/C17H19N3O.C15H16BrN3O/c1-3-14-4-6-16-15(12-14)5-7-17(18-16)20-10-8-19(9-11-20)13(2)21;1-11(20)18-6-8-19(9-7-18)15-5-2-12-10-13(16)3-4-14(12)17-15/h3-7,12H,1,8-11H2,2H3;2-5,10H,6-9H2,1H3. The van der Waals surface area contributed by atoms with Gasteiger partial charge in [0.1, 0.15) is 11.6 Å². The van der Waals surface area contributed by atoms with E-state index >= 15 is 0 Å². The number of amides is 2. The van der Waals surface area contributed by atoms with E-state index in [0.29, 0.717) is 0 Å². The zero-order valence-corrected chi connectivity index (χ0v) is 25.2. The van der Waals surface area contributed by atoms with Gasteiger partial charge in [0.2, 0.25) is 11.8 Å². The Bertz CT molecular complexity index is 1580. The minimum Gasteiger partial charge on any atom is -0.353 e. The summed E-state index contributed by atoms with van der Waals surface area (Å²) in [7, 11) is 0. The Hall–Kier alpha value is -3.98. The number of hydrogen-bond acceptors (Lipinski definition) is 6. The number of rotatable bonds is 3. The zero-order chi connectivity index (χ0) is 28.9. The van der Waals surface area contributed by atoms with Crippen molar-refractivity contribution < 1.29 is 9.59 Å². The van der Waals surface area contributed by atoms with Crippen LogP contribution in [0.3, 0.4) is 0 Å². The van der Waals surface area contributed by atoms with Crippen molar-refractivity contribution in [3.8, 4) is 0 Å². The molecule has 41 heavy (non-hydrogen) atoms. The lowest BCUT2D eigenvalue weighted by atomic mass is 10.1. The molecule has 2 fully saturated rings. The van der Waals surface area contributed by atoms with E-state index in [9.17, 15) is 9.59 Å². The zero-order valence-electron chi connectivity index (χ0n) is 23.6. The van der Waals surface area contributed by atoms with Crippen molar-refractivity contribution in [2.75, 3.05) is 62.2 Å². The first-order valence-electron chi connectivity index (χ1n) is 13.9. The minimum absolute atomic E-state index is 0.151. The number of piperazine rings is 2. The summed E-state index contributed by atoms with van der Waals surface area (Å²) in [4.78, 5) is 40.4. The number of carbonyl (C=O) groups is 2. The van der Waals surface area contributed by atoms with Gasteiger partial charge in [-0.25, -0.2) is 9.97 Å². The summed E-state index contributed by atoms with van der Waals surface area (Å²) in [5, 5.41) is 2.25. The Morgan fingerprint density at radius 2 is 1.15 bits per heavy atom. The van der Waals surface area contributed by atoms with Crippen molar-refractivity contribution in [2.24, 2.45) is 0 Å². The third-order valence-corrected chi connectivity index (χ3v) is 8.16. The molecule has 0 atom stereocenters. The van der Waals surface area contributed by atoms with Crippen LogP contribution in [0, 0.1) is 0 Å². The summed E-state index contributed by atoms with van der Waals surface area (Å²) in [5.74, 6) is 2.28. The van der Waals surface area contributed by atoms with E-state index < -0.39 is 0 Å². The molecule has 0 bridgehead atoms. The molecule has 212 valence electrons. The Morgan fingerprint density at radius 1 is 0.683 bits per heavy atom. The fraction of sp³-hybridized carbons (Fsp3) is 0.312. The van der Waals surface area contributed by atoms with Crippen molar-refractivity contribution in [2.45, 2.75) is 13.8 Å². The molecule has 4 aromatic rings. The van der Waals surface area contributed by atoms with Gasteiger partial charge in [0.15, 0.2) is 0 Å². The van der Waals surface area contributed by atoms with Gasteiger partial charge in [-0.15, -0.1) is 0 Å². The highest BCUT2D eigenvalue weighted by molar-refractivity contribution is 9.10. The smallest absolute Gasteiger partial charge is 0.219 e. The van der Waals surface area contributed by atoms with Crippen molar-refractivity contribution in [3.05, 3.63) is 77.3 Å². The van der Waals surface area contributed by atoms with Gasteiger partial charge in [-0.1, -0.05) is 34.7 Å². The van der Waals surface area contributed by atoms with Crippen molar-refractivity contribution in [1.29, 1.82) is 0 Å². The highest BCUT2D eigenvalue weighted by Crippen LogP contribution is 2.23. The van der Waals surface area contributed by atoms with Crippen LogP contribution in [0.25, 0.3) is 27.9 Å². The fourth-order valence-corrected chi connectivity index (χ4v) is 5.58. The molecule has 6 rings (SSSR count). The number of halogens is 1. The Balaban J connectivity index is 0.000000165. The monoisotopic (exact) mass is 614 g/mol. The normalized spacial score (nSPS) is 15.5. The lowest BCUT2D eigenvalue weighted by molar-refractivity contribution is -0.129. The van der Waals surface area contributed by atoms with E-state index in [1.165, 1.54) is 0 Å². The van der Waals surface area contributed by atoms with Crippen LogP contribution in [0.2, 0.25) is 0 Å². The second-order valence-corrected chi connectivity index (χ2v) is 11.2. The highest BCUT2D eigenvalue weighted by Gasteiger charge is 2.20. The summed E-state index contributed by atoms with van der Waals surface area (Å²) >= 11 is 3.47. The Labute approximate surface area is 249 Å². The van der Waals surface area contributed by atoms with Crippen LogP contribution in [0.1, 0.15) is 19.4 Å². The molecular formula is C32H35BrN6O2. The SMILES string of the molecule is C=Cc1ccc2nc(N3CCN(C(C)=O)CC3)ccc2c1.CC(=O)N1CCN(c2ccc3cc(Br)ccc3n2)CC1. The van der Waals surface area contributed by atoms with Crippen molar-refractivity contribution in [1.82, 2.24) is 19.8 Å². The van der Waals surface area contributed by atoms with E-state index in [1.54, 1.807) is 13.8 Å². The van der Waals surface area contributed by atoms with E-state index in [4.69, 9.17) is 9.97 Å². The number of aromatic nitrogens is 2. The number of hydrogen-bond donors (Lipinski definition) is 0. The molecule has 0 radical (unpaired) electrons. The predicted octanol–water partition coefficient (Wildman–Crippen LogP) is 5.21. The van der Waals surface area contributed by atoms with Gasteiger partial charge in [0.25, 0.3) is 0 Å². The van der Waals surface area contributed by atoms with Crippen molar-refractivity contribution >= 4 is 67.3 Å². The van der Waals surface area contributed by atoms with Gasteiger partial charge in [0.05, 0.1) is 11.0 Å². The lowest BCUT2D eigenvalue weighted by Gasteiger charge is -2.35. The number of nitrogens with zero attached hydrogens (tertiary/aromatic N) is 6. The molecule has 0 spiro atoms. The van der Waals surface area contributed by atoms with Gasteiger partial charge in [0, 0.05) is 81.5 Å². The molecule has 2 saturated heterocycles. The second kappa shape index (κ2) is 12.7. The maximum Gasteiger partial charge on any atom is 0.219 e. The number of fused-ring (bicyclic) bond motifs is 2. The fourth-order valence-electron chi connectivity index (χ4n) is 5.20. The first-order valence-corrected chi connectivity index (χ1v) is 14.7. The molecule has 0 unspecified atom stereocenters. The van der Waals surface area contributed by atoms with E-state index in [0.717, 1.165) is 95.8 Å². The topological polar surface area (TPSA) is 72.9 Å². The van der Waals surface area contributed by atoms with Crippen LogP contribution >= 0.6 is 15.9 Å². The number of anilines is 2. The van der Waals surface area contributed by atoms with E-state index in [2.05, 4.69) is 68.7 Å². The number of benzene rings is 2. The third-order valence-electron chi connectivity index (χ3n) is 7.67. The summed E-state index contributed by atoms with van der Waals surface area (Å²) in [6.07, 6.45) is 1.84. The largest absolute Gasteiger partial charge is 0.353 e. The average molecular weight is 616 g/mol. The first-order chi connectivity index (χ1) is 19.8. The van der Waals surface area contributed by atoms with Gasteiger partial charge < -0.3 is 19.6 Å². The van der Waals surface area contributed by atoms with Gasteiger partial charge >= 0.3 is 0 Å². The molecule has 2 aliphatic heterocycles. The van der Waals surface area contributed by atoms with Crippen LogP contribution in [-0.2, 0) is 9.59 Å².